The number of aromatic nitrogens is 1. The smallest absolute Gasteiger partial charge is 0.240 e. The van der Waals surface area contributed by atoms with Crippen LogP contribution in [0.15, 0.2) is 17.5 Å². The van der Waals surface area contributed by atoms with Gasteiger partial charge in [0, 0.05) is 17.0 Å². The first-order chi connectivity index (χ1) is 13.7. The van der Waals surface area contributed by atoms with Gasteiger partial charge < -0.3 is 5.32 Å². The molecule has 1 aliphatic rings. The molecule has 29 heavy (non-hydrogen) atoms. The van der Waals surface area contributed by atoms with Crippen LogP contribution in [0.2, 0.25) is 0 Å². The number of amides is 1. The molecule has 1 N–H and O–H groups in total. The Bertz CT molecular complexity index is 1040. The van der Waals surface area contributed by atoms with Crippen molar-refractivity contribution in [2.75, 3.05) is 29.9 Å². The standard InChI is InChI=1S/C21H25N3O3S2/c1-5-7-24(17-6-8-29(26,27)13-17)11-19(25)23-21-22-18(12-28-21)20-15(3)9-14(2)10-16(20)4/h1,9-10,12,17H,6-8,11,13H2,2-4H3,(H,22,23,25). The first-order valence-electron chi connectivity index (χ1n) is 9.40. The SMILES string of the molecule is C#CCN(CC(=O)Nc1nc(-c2c(C)cc(C)cc2C)cs1)C1CCS(=O)(=O)C1. The van der Waals surface area contributed by atoms with Crippen LogP contribution < -0.4 is 5.32 Å². The molecule has 2 heterocycles. The number of hydrogen-bond acceptors (Lipinski definition) is 6. The molecule has 1 amide bonds. The maximum absolute atomic E-state index is 12.5. The zero-order valence-corrected chi connectivity index (χ0v) is 18.5. The topological polar surface area (TPSA) is 79.4 Å². The van der Waals surface area contributed by atoms with Gasteiger partial charge in [0.15, 0.2) is 15.0 Å². The minimum absolute atomic E-state index is 0.0435. The van der Waals surface area contributed by atoms with E-state index >= 15 is 0 Å². The fourth-order valence-corrected chi connectivity index (χ4v) is 6.35. The summed E-state index contributed by atoms with van der Waals surface area (Å²) in [6.07, 6.45) is 5.92. The summed E-state index contributed by atoms with van der Waals surface area (Å²) in [4.78, 5) is 18.9. The number of nitrogens with one attached hydrogen (secondary N) is 1. The lowest BCUT2D eigenvalue weighted by Gasteiger charge is -2.24. The van der Waals surface area contributed by atoms with Crippen LogP contribution in [-0.2, 0) is 14.6 Å². The Morgan fingerprint density at radius 3 is 2.62 bits per heavy atom. The third-order valence-corrected chi connectivity index (χ3v) is 7.56. The van der Waals surface area contributed by atoms with Gasteiger partial charge in [0.2, 0.25) is 5.91 Å². The lowest BCUT2D eigenvalue weighted by Crippen LogP contribution is -2.41. The van der Waals surface area contributed by atoms with Gasteiger partial charge in [-0.2, -0.15) is 0 Å². The number of anilines is 1. The van der Waals surface area contributed by atoms with Crippen molar-refractivity contribution in [3.63, 3.8) is 0 Å². The number of rotatable bonds is 6. The van der Waals surface area contributed by atoms with Gasteiger partial charge in [0.25, 0.3) is 0 Å². The zero-order valence-electron chi connectivity index (χ0n) is 16.9. The summed E-state index contributed by atoms with van der Waals surface area (Å²) in [6.45, 7) is 6.45. The van der Waals surface area contributed by atoms with Crippen LogP contribution in [0.5, 0.6) is 0 Å². The second-order valence-corrected chi connectivity index (χ2v) is 10.6. The number of sulfone groups is 1. The minimum atomic E-state index is -3.04. The summed E-state index contributed by atoms with van der Waals surface area (Å²) in [5.74, 6) is 2.47. The van der Waals surface area contributed by atoms with E-state index < -0.39 is 9.84 Å². The summed E-state index contributed by atoms with van der Waals surface area (Å²) in [6, 6.07) is 4.02. The molecule has 0 aliphatic carbocycles. The summed E-state index contributed by atoms with van der Waals surface area (Å²) >= 11 is 1.37. The quantitative estimate of drug-likeness (QED) is 0.712. The fraction of sp³-hybridized carbons (Fsp3) is 0.429. The molecule has 1 atom stereocenters. The number of thiazole rings is 1. The number of terminal acetylenes is 1. The minimum Gasteiger partial charge on any atom is -0.301 e. The fourth-order valence-electron chi connectivity index (χ4n) is 3.87. The summed E-state index contributed by atoms with van der Waals surface area (Å²) in [5.41, 5.74) is 5.41. The zero-order chi connectivity index (χ0) is 21.2. The highest BCUT2D eigenvalue weighted by Crippen LogP contribution is 2.31. The van der Waals surface area contributed by atoms with Crippen molar-refractivity contribution in [3.8, 4) is 23.6 Å². The lowest BCUT2D eigenvalue weighted by molar-refractivity contribution is -0.117. The number of carbonyl (C=O) groups excluding carboxylic acids is 1. The summed E-state index contributed by atoms with van der Waals surface area (Å²) in [7, 11) is -3.04. The molecule has 0 saturated carbocycles. The van der Waals surface area contributed by atoms with Crippen LogP contribution in [0.4, 0.5) is 5.13 Å². The van der Waals surface area contributed by atoms with Gasteiger partial charge in [0.1, 0.15) is 0 Å². The molecule has 2 aromatic rings. The number of carbonyl (C=O) groups is 1. The van der Waals surface area contributed by atoms with Gasteiger partial charge in [-0.05, 0) is 38.3 Å². The monoisotopic (exact) mass is 431 g/mol. The van der Waals surface area contributed by atoms with Gasteiger partial charge in [0.05, 0.1) is 30.3 Å². The second kappa shape index (κ2) is 8.66. The van der Waals surface area contributed by atoms with E-state index in [1.54, 1.807) is 4.90 Å². The lowest BCUT2D eigenvalue weighted by atomic mass is 9.98. The normalized spacial score (nSPS) is 18.0. The van der Waals surface area contributed by atoms with Gasteiger partial charge in [-0.25, -0.2) is 13.4 Å². The van der Waals surface area contributed by atoms with E-state index in [0.29, 0.717) is 11.6 Å². The van der Waals surface area contributed by atoms with Crippen molar-refractivity contribution in [2.24, 2.45) is 0 Å². The number of nitrogens with zero attached hydrogens (tertiary/aromatic N) is 2. The molecule has 1 aromatic heterocycles. The Morgan fingerprint density at radius 2 is 2.03 bits per heavy atom. The van der Waals surface area contributed by atoms with Crippen LogP contribution in [0.3, 0.4) is 0 Å². The molecule has 1 aromatic carbocycles. The van der Waals surface area contributed by atoms with Crippen LogP contribution in [0.25, 0.3) is 11.3 Å². The van der Waals surface area contributed by atoms with E-state index in [1.165, 1.54) is 16.9 Å². The first kappa shape index (κ1) is 21.5. The molecule has 8 heteroatoms. The van der Waals surface area contributed by atoms with Crippen molar-refractivity contribution in [1.82, 2.24) is 9.88 Å². The van der Waals surface area contributed by atoms with Crippen LogP contribution >= 0.6 is 11.3 Å². The van der Waals surface area contributed by atoms with E-state index in [1.807, 2.05) is 5.38 Å². The predicted octanol–water partition coefficient (Wildman–Crippen LogP) is 2.80. The molecule has 1 aliphatic heterocycles. The average Bonchev–Trinajstić information content (AvgIpc) is 3.20. The van der Waals surface area contributed by atoms with E-state index in [-0.39, 0.29) is 36.5 Å². The number of hydrogen-bond donors (Lipinski definition) is 1. The van der Waals surface area contributed by atoms with Crippen LogP contribution in [0.1, 0.15) is 23.1 Å². The Balaban J connectivity index is 1.69. The highest BCUT2D eigenvalue weighted by atomic mass is 32.2. The summed E-state index contributed by atoms with van der Waals surface area (Å²) < 4.78 is 23.5. The molecule has 1 saturated heterocycles. The molecule has 154 valence electrons. The molecule has 1 unspecified atom stereocenters. The Morgan fingerprint density at radius 1 is 1.34 bits per heavy atom. The van der Waals surface area contributed by atoms with Crippen molar-refractivity contribution >= 4 is 32.2 Å². The van der Waals surface area contributed by atoms with Gasteiger partial charge in [-0.3, -0.25) is 9.69 Å². The molecule has 6 nitrogen and oxygen atoms in total. The summed E-state index contributed by atoms with van der Waals surface area (Å²) in [5, 5.41) is 5.28. The van der Waals surface area contributed by atoms with Crippen molar-refractivity contribution < 1.29 is 13.2 Å². The largest absolute Gasteiger partial charge is 0.301 e. The molecular formula is C21H25N3O3S2. The first-order valence-corrected chi connectivity index (χ1v) is 12.1. The van der Waals surface area contributed by atoms with E-state index in [4.69, 9.17) is 6.42 Å². The Labute approximate surface area is 176 Å². The molecule has 1 fully saturated rings. The van der Waals surface area contributed by atoms with Crippen molar-refractivity contribution in [3.05, 3.63) is 34.2 Å². The highest BCUT2D eigenvalue weighted by molar-refractivity contribution is 7.91. The second-order valence-electron chi connectivity index (χ2n) is 7.53. The highest BCUT2D eigenvalue weighted by Gasteiger charge is 2.32. The number of benzene rings is 1. The van der Waals surface area contributed by atoms with E-state index in [2.05, 4.69) is 49.1 Å². The van der Waals surface area contributed by atoms with Gasteiger partial charge in [-0.15, -0.1) is 17.8 Å². The van der Waals surface area contributed by atoms with Crippen molar-refractivity contribution in [2.45, 2.75) is 33.2 Å². The number of aryl methyl sites for hydroxylation is 3. The third kappa shape index (κ3) is 5.24. The molecule has 3 rings (SSSR count). The maximum Gasteiger partial charge on any atom is 0.240 e. The third-order valence-electron chi connectivity index (χ3n) is 5.05. The van der Waals surface area contributed by atoms with Crippen LogP contribution in [-0.4, -0.2) is 54.8 Å². The van der Waals surface area contributed by atoms with E-state index in [0.717, 1.165) is 22.4 Å². The molecular weight excluding hydrogens is 406 g/mol. The van der Waals surface area contributed by atoms with Gasteiger partial charge in [-0.1, -0.05) is 23.6 Å². The van der Waals surface area contributed by atoms with Crippen molar-refractivity contribution in [1.29, 1.82) is 0 Å². The molecule has 0 radical (unpaired) electrons. The van der Waals surface area contributed by atoms with Gasteiger partial charge >= 0.3 is 0 Å². The predicted molar refractivity (Wildman–Crippen MR) is 118 cm³/mol. The maximum atomic E-state index is 12.5. The average molecular weight is 432 g/mol. The molecule has 0 bridgehead atoms. The van der Waals surface area contributed by atoms with Crippen LogP contribution in [0, 0.1) is 33.1 Å². The molecule has 0 spiro atoms. The van der Waals surface area contributed by atoms with E-state index in [9.17, 15) is 13.2 Å². The Kier molecular flexibility index (Phi) is 6.42. The Hall–Kier alpha value is -2.21.